The predicted molar refractivity (Wildman–Crippen MR) is 200 cm³/mol. The van der Waals surface area contributed by atoms with Gasteiger partial charge in [0.1, 0.15) is 23.9 Å². The molecule has 1 atom stereocenters. The number of rotatable bonds is 10. The van der Waals surface area contributed by atoms with Crippen LogP contribution < -0.4 is 20.3 Å². The van der Waals surface area contributed by atoms with Crippen molar-refractivity contribution in [3.05, 3.63) is 82.3 Å². The highest BCUT2D eigenvalue weighted by molar-refractivity contribution is 7.99. The molecule has 57 heavy (non-hydrogen) atoms. The Morgan fingerprint density at radius 3 is 2.58 bits per heavy atom. The second-order valence-electron chi connectivity index (χ2n) is 13.6. The number of para-hydroxylation sites is 1. The summed E-state index contributed by atoms with van der Waals surface area (Å²) in [6.45, 7) is -0.115. The maximum Gasteiger partial charge on any atom is 0.435 e. The van der Waals surface area contributed by atoms with Crippen LogP contribution in [0.4, 0.5) is 41.7 Å². The van der Waals surface area contributed by atoms with Crippen molar-refractivity contribution in [2.75, 3.05) is 35.5 Å². The van der Waals surface area contributed by atoms with E-state index in [1.165, 1.54) is 23.3 Å². The molecule has 4 aromatic heterocycles. The summed E-state index contributed by atoms with van der Waals surface area (Å²) in [4.78, 5) is 37.6. The van der Waals surface area contributed by atoms with E-state index in [1.807, 2.05) is 12.3 Å². The van der Waals surface area contributed by atoms with Gasteiger partial charge in [0, 0.05) is 61.0 Å². The Morgan fingerprint density at radius 2 is 1.86 bits per heavy atom. The topological polar surface area (TPSA) is 135 Å². The summed E-state index contributed by atoms with van der Waals surface area (Å²) in [6, 6.07) is 8.74. The van der Waals surface area contributed by atoms with Gasteiger partial charge < -0.3 is 20.3 Å². The van der Waals surface area contributed by atoms with Crippen LogP contribution in [0.3, 0.4) is 0 Å². The Hall–Kier alpha value is -5.44. The number of hydrogen-bond donors (Lipinski definition) is 3. The first kappa shape index (κ1) is 38.4. The van der Waals surface area contributed by atoms with E-state index in [-0.39, 0.29) is 35.8 Å². The molecule has 12 nitrogen and oxygen atoms in total. The molecule has 0 spiro atoms. The minimum atomic E-state index is -5.05. The van der Waals surface area contributed by atoms with Crippen LogP contribution in [0, 0.1) is 11.6 Å². The molecule has 298 valence electrons. The Balaban J connectivity index is 1.29. The third kappa shape index (κ3) is 7.33. The van der Waals surface area contributed by atoms with Crippen molar-refractivity contribution in [3.63, 3.8) is 0 Å². The highest BCUT2D eigenvalue weighted by Gasteiger charge is 2.50. The average molecular weight is 833 g/mol. The molecular weight excluding hydrogens is 802 g/mol. The van der Waals surface area contributed by atoms with Crippen LogP contribution in [0.1, 0.15) is 40.7 Å². The fraction of sp³-hybridized carbons (Fsp3) is 0.333. The van der Waals surface area contributed by atoms with Gasteiger partial charge >= 0.3 is 6.18 Å². The number of thiazole rings is 1. The lowest BCUT2D eigenvalue weighted by molar-refractivity contribution is -0.142. The standard InChI is InChI=1S/C36H31F7N10O2S2/c1-51-29-20(4-3-5-21(29)32(49-51)50-56-2)23-14-25-33(47-34(57-25)52-9-8-44-26(54)15-52)46-28(23)24(12-17-10-18(37)13-19(38)11-17)45-27(55)16-53-31-22(6-7-35(31,39)40)30(48-53)36(41,42)43/h3-5,10-11,13-14,24H,6-9,12,15-16H2,1-2H3,(H,44,54)(H,45,55)(H,49,50). The Bertz CT molecular complexity index is 2550. The number of piperazine rings is 1. The molecule has 1 fully saturated rings. The van der Waals surface area contributed by atoms with Crippen molar-refractivity contribution in [2.24, 2.45) is 7.05 Å². The Kier molecular flexibility index (Phi) is 9.77. The van der Waals surface area contributed by atoms with E-state index in [0.717, 1.165) is 17.5 Å². The van der Waals surface area contributed by atoms with Gasteiger partial charge in [0.15, 0.2) is 22.3 Å². The Labute approximate surface area is 327 Å². The molecule has 1 aliphatic carbocycles. The van der Waals surface area contributed by atoms with Gasteiger partial charge in [-0.1, -0.05) is 35.4 Å². The molecule has 5 heterocycles. The first-order valence-electron chi connectivity index (χ1n) is 17.5. The molecule has 0 radical (unpaired) electrons. The molecule has 1 unspecified atom stereocenters. The number of alkyl halides is 5. The number of aryl methyl sites for hydroxylation is 1. The normalized spacial score (nSPS) is 15.9. The smallest absolute Gasteiger partial charge is 0.353 e. The molecule has 3 N–H and O–H groups in total. The highest BCUT2D eigenvalue weighted by atomic mass is 32.2. The van der Waals surface area contributed by atoms with Gasteiger partial charge in [-0.15, -0.1) is 0 Å². The molecule has 2 aliphatic rings. The van der Waals surface area contributed by atoms with Crippen LogP contribution in [0.25, 0.3) is 32.4 Å². The van der Waals surface area contributed by atoms with Gasteiger partial charge in [-0.05, 0) is 42.7 Å². The molecule has 0 saturated carbocycles. The van der Waals surface area contributed by atoms with Crippen molar-refractivity contribution in [2.45, 2.75) is 43.9 Å². The van der Waals surface area contributed by atoms with Crippen molar-refractivity contribution in [3.8, 4) is 11.1 Å². The van der Waals surface area contributed by atoms with E-state index in [1.54, 1.807) is 34.8 Å². The number of carbonyl (C=O) groups is 2. The maximum atomic E-state index is 15.0. The number of hydrogen-bond acceptors (Lipinski definition) is 10. The molecule has 0 bridgehead atoms. The third-order valence-electron chi connectivity index (χ3n) is 9.74. The lowest BCUT2D eigenvalue weighted by Gasteiger charge is -2.25. The summed E-state index contributed by atoms with van der Waals surface area (Å²) < 4.78 is 107. The van der Waals surface area contributed by atoms with E-state index in [2.05, 4.69) is 25.6 Å². The minimum Gasteiger partial charge on any atom is -0.353 e. The largest absolute Gasteiger partial charge is 0.435 e. The summed E-state index contributed by atoms with van der Waals surface area (Å²) in [5.41, 5.74) is -1.05. The van der Waals surface area contributed by atoms with Crippen molar-refractivity contribution >= 4 is 67.3 Å². The lowest BCUT2D eigenvalue weighted by Crippen LogP contribution is -2.47. The zero-order valence-corrected chi connectivity index (χ0v) is 31.6. The van der Waals surface area contributed by atoms with Crippen LogP contribution in [-0.4, -0.2) is 67.2 Å². The number of carbonyl (C=O) groups excluding carboxylic acids is 2. The predicted octanol–water partition coefficient (Wildman–Crippen LogP) is 6.50. The highest BCUT2D eigenvalue weighted by Crippen LogP contribution is 2.46. The number of halogens is 7. The van der Waals surface area contributed by atoms with Crippen LogP contribution in [0.2, 0.25) is 0 Å². The number of nitrogens with zero attached hydrogens (tertiary/aromatic N) is 7. The van der Waals surface area contributed by atoms with E-state index in [0.29, 0.717) is 56.1 Å². The van der Waals surface area contributed by atoms with Gasteiger partial charge in [0.2, 0.25) is 11.8 Å². The summed E-state index contributed by atoms with van der Waals surface area (Å²) in [6.07, 6.45) is -4.97. The molecule has 1 aliphatic heterocycles. The molecule has 6 aromatic rings. The van der Waals surface area contributed by atoms with E-state index in [9.17, 15) is 31.5 Å². The van der Waals surface area contributed by atoms with E-state index >= 15 is 8.78 Å². The van der Waals surface area contributed by atoms with Crippen molar-refractivity contribution < 1.29 is 40.3 Å². The maximum absolute atomic E-state index is 15.0. The van der Waals surface area contributed by atoms with Gasteiger partial charge in [0.05, 0.1) is 28.5 Å². The number of fused-ring (bicyclic) bond motifs is 3. The second-order valence-corrected chi connectivity index (χ2v) is 15.3. The number of anilines is 2. The molecule has 2 aromatic carbocycles. The quantitative estimate of drug-likeness (QED) is 0.105. The van der Waals surface area contributed by atoms with Crippen LogP contribution in [-0.2, 0) is 48.1 Å². The number of benzene rings is 2. The monoisotopic (exact) mass is 832 g/mol. The van der Waals surface area contributed by atoms with Crippen molar-refractivity contribution in [1.29, 1.82) is 0 Å². The number of nitrogens with one attached hydrogen (secondary N) is 3. The van der Waals surface area contributed by atoms with E-state index < -0.39 is 72.0 Å². The first-order valence-corrected chi connectivity index (χ1v) is 19.5. The zero-order valence-electron chi connectivity index (χ0n) is 30.0. The number of aromatic nitrogens is 6. The number of amides is 2. The van der Waals surface area contributed by atoms with Crippen molar-refractivity contribution in [1.82, 2.24) is 40.2 Å². The Morgan fingerprint density at radius 1 is 1.09 bits per heavy atom. The summed E-state index contributed by atoms with van der Waals surface area (Å²) >= 11 is 2.60. The summed E-state index contributed by atoms with van der Waals surface area (Å²) in [7, 11) is 1.73. The number of pyridine rings is 1. The van der Waals surface area contributed by atoms with Crippen LogP contribution in [0.5, 0.6) is 0 Å². The fourth-order valence-corrected chi connectivity index (χ4v) is 8.77. The average Bonchev–Trinajstić information content (AvgIpc) is 3.89. The fourth-order valence-electron chi connectivity index (χ4n) is 7.46. The third-order valence-corrected chi connectivity index (χ3v) is 11.2. The molecule has 21 heteroatoms. The van der Waals surface area contributed by atoms with Gasteiger partial charge in [-0.3, -0.25) is 19.0 Å². The first-order chi connectivity index (χ1) is 27.1. The van der Waals surface area contributed by atoms with E-state index in [4.69, 9.17) is 9.97 Å². The van der Waals surface area contributed by atoms with Gasteiger partial charge in [-0.25, -0.2) is 13.8 Å². The van der Waals surface area contributed by atoms with Gasteiger partial charge in [0.25, 0.3) is 5.92 Å². The SMILES string of the molecule is CSNc1nn(C)c2c(-c3cc4sc(N5CCNC(=O)C5)nc4nc3C(Cc3cc(F)cc(F)c3)NC(=O)Cn3nc(C(F)(F)F)c4c3C(F)(F)CC4)cccc12. The minimum absolute atomic E-state index is 0.0507. The summed E-state index contributed by atoms with van der Waals surface area (Å²) in [5.74, 6) is -6.14. The molecular formula is C36H31F7N10O2S2. The van der Waals surface area contributed by atoms with Crippen LogP contribution >= 0.6 is 23.3 Å². The molecule has 1 saturated heterocycles. The van der Waals surface area contributed by atoms with Gasteiger partial charge in [-0.2, -0.15) is 37.1 Å². The second kappa shape index (κ2) is 14.5. The van der Waals surface area contributed by atoms with Crippen LogP contribution in [0.15, 0.2) is 42.5 Å². The summed E-state index contributed by atoms with van der Waals surface area (Å²) in [5, 5.41) is 14.7. The zero-order chi connectivity index (χ0) is 40.4. The molecule has 2 amide bonds. The molecule has 8 rings (SSSR count). The lowest BCUT2D eigenvalue weighted by atomic mass is 9.94.